The van der Waals surface area contributed by atoms with Crippen LogP contribution in [0.15, 0.2) is 17.0 Å². The van der Waals surface area contributed by atoms with E-state index in [2.05, 4.69) is 0 Å². The van der Waals surface area contributed by atoms with Crippen LogP contribution in [-0.4, -0.2) is 29.7 Å². The molecule has 0 radical (unpaired) electrons. The summed E-state index contributed by atoms with van der Waals surface area (Å²) in [5.74, 6) is 0. The zero-order valence-corrected chi connectivity index (χ0v) is 14.9. The largest absolute Gasteiger partial charge is 0.271 e. The Morgan fingerprint density at radius 2 is 1.78 bits per heavy atom. The molecule has 1 aromatic rings. The third-order valence-corrected chi connectivity index (χ3v) is 6.82. The predicted octanol–water partition coefficient (Wildman–Crippen LogP) is 3.55. The number of nitro groups is 1. The summed E-state index contributed by atoms with van der Waals surface area (Å²) in [4.78, 5) is 10.6. The van der Waals surface area contributed by atoms with Gasteiger partial charge in [-0.1, -0.05) is 12.8 Å². The number of benzene rings is 1. The lowest BCUT2D eigenvalue weighted by atomic mass is 10.1. The summed E-state index contributed by atoms with van der Waals surface area (Å²) >= 11 is 0. The first-order valence-corrected chi connectivity index (χ1v) is 9.39. The average molecular weight is 340 g/mol. The molecule has 1 aromatic carbocycles. The second-order valence-electron chi connectivity index (χ2n) is 6.51. The molecule has 0 atom stereocenters. The van der Waals surface area contributed by atoms with Gasteiger partial charge in [-0.3, -0.25) is 10.1 Å². The first kappa shape index (κ1) is 17.9. The van der Waals surface area contributed by atoms with Gasteiger partial charge in [0.2, 0.25) is 10.0 Å². The van der Waals surface area contributed by atoms with Crippen molar-refractivity contribution in [3.63, 3.8) is 0 Å². The number of non-ortho nitro benzene ring substituents is 1. The number of sulfonamides is 1. The summed E-state index contributed by atoms with van der Waals surface area (Å²) in [5.41, 5.74) is 1.02. The summed E-state index contributed by atoms with van der Waals surface area (Å²) < 4.78 is 28.0. The molecule has 128 valence electrons. The van der Waals surface area contributed by atoms with Gasteiger partial charge in [0.05, 0.1) is 9.82 Å². The predicted molar refractivity (Wildman–Crippen MR) is 89.0 cm³/mol. The fraction of sp³-hybridized carbons (Fsp3) is 0.625. The molecule has 1 aliphatic rings. The summed E-state index contributed by atoms with van der Waals surface area (Å²) in [6, 6.07) is 2.42. The van der Waals surface area contributed by atoms with Crippen molar-refractivity contribution in [2.24, 2.45) is 0 Å². The van der Waals surface area contributed by atoms with Crippen LogP contribution in [0.2, 0.25) is 0 Å². The quantitative estimate of drug-likeness (QED) is 0.606. The van der Waals surface area contributed by atoms with Crippen molar-refractivity contribution < 1.29 is 13.3 Å². The molecule has 1 fully saturated rings. The zero-order chi connectivity index (χ0) is 17.4. The number of hydrogen-bond acceptors (Lipinski definition) is 4. The maximum atomic E-state index is 13.2. The van der Waals surface area contributed by atoms with E-state index in [1.54, 1.807) is 18.2 Å². The standard InChI is InChI=1S/C16H24N2O4S/c1-11(2)17(14-7-5-6-8-14)23(21,22)16-10-15(18(19)20)9-12(3)13(16)4/h9-11,14H,5-8H2,1-4H3. The van der Waals surface area contributed by atoms with E-state index in [-0.39, 0.29) is 22.7 Å². The lowest BCUT2D eigenvalue weighted by Crippen LogP contribution is -2.43. The van der Waals surface area contributed by atoms with Crippen LogP contribution in [0.1, 0.15) is 50.7 Å². The van der Waals surface area contributed by atoms with Gasteiger partial charge in [-0.15, -0.1) is 0 Å². The Labute approximate surface area is 137 Å². The Kier molecular flexibility index (Phi) is 5.10. The molecule has 0 bridgehead atoms. The van der Waals surface area contributed by atoms with Gasteiger partial charge in [-0.05, 0) is 51.7 Å². The van der Waals surface area contributed by atoms with Gasteiger partial charge in [-0.25, -0.2) is 8.42 Å². The van der Waals surface area contributed by atoms with Gasteiger partial charge >= 0.3 is 0 Å². The van der Waals surface area contributed by atoms with Crippen LogP contribution >= 0.6 is 0 Å². The maximum absolute atomic E-state index is 13.2. The number of nitro benzene ring substituents is 1. The molecule has 1 aliphatic carbocycles. The Morgan fingerprint density at radius 3 is 2.26 bits per heavy atom. The highest BCUT2D eigenvalue weighted by atomic mass is 32.2. The van der Waals surface area contributed by atoms with Crippen molar-refractivity contribution in [3.05, 3.63) is 33.4 Å². The average Bonchev–Trinajstić information content (AvgIpc) is 2.94. The zero-order valence-electron chi connectivity index (χ0n) is 14.1. The number of hydrogen-bond donors (Lipinski definition) is 0. The molecule has 0 amide bonds. The van der Waals surface area contributed by atoms with E-state index in [0.717, 1.165) is 25.7 Å². The summed E-state index contributed by atoms with van der Waals surface area (Å²) in [7, 11) is -3.76. The van der Waals surface area contributed by atoms with Crippen molar-refractivity contribution in [3.8, 4) is 0 Å². The minimum Gasteiger partial charge on any atom is -0.258 e. The molecule has 1 saturated carbocycles. The van der Waals surface area contributed by atoms with Crippen LogP contribution < -0.4 is 0 Å². The van der Waals surface area contributed by atoms with Crippen molar-refractivity contribution >= 4 is 15.7 Å². The Morgan fingerprint density at radius 1 is 1.22 bits per heavy atom. The van der Waals surface area contributed by atoms with Crippen LogP contribution in [0.5, 0.6) is 0 Å². The lowest BCUT2D eigenvalue weighted by molar-refractivity contribution is -0.385. The first-order chi connectivity index (χ1) is 10.7. The SMILES string of the molecule is Cc1cc([N+](=O)[O-])cc(S(=O)(=O)N(C(C)C)C2CCCC2)c1C. The van der Waals surface area contributed by atoms with E-state index in [9.17, 15) is 18.5 Å². The fourth-order valence-corrected chi connectivity index (χ4v) is 5.55. The number of aryl methyl sites for hydroxylation is 1. The van der Waals surface area contributed by atoms with E-state index in [1.165, 1.54) is 12.1 Å². The van der Waals surface area contributed by atoms with Crippen LogP contribution in [-0.2, 0) is 10.0 Å². The topological polar surface area (TPSA) is 80.5 Å². The van der Waals surface area contributed by atoms with Gasteiger partial charge in [0, 0.05) is 24.2 Å². The van der Waals surface area contributed by atoms with E-state index < -0.39 is 14.9 Å². The Hall–Kier alpha value is -1.47. The van der Waals surface area contributed by atoms with Crippen LogP contribution in [0.4, 0.5) is 5.69 Å². The summed E-state index contributed by atoms with van der Waals surface area (Å²) in [6.45, 7) is 7.13. The van der Waals surface area contributed by atoms with E-state index in [4.69, 9.17) is 0 Å². The van der Waals surface area contributed by atoms with Gasteiger partial charge in [0.15, 0.2) is 0 Å². The third-order valence-electron chi connectivity index (χ3n) is 4.56. The van der Waals surface area contributed by atoms with Crippen LogP contribution in [0, 0.1) is 24.0 Å². The molecule has 0 spiro atoms. The second-order valence-corrected chi connectivity index (χ2v) is 8.32. The molecule has 0 aromatic heterocycles. The minimum atomic E-state index is -3.76. The minimum absolute atomic E-state index is 0.0148. The molecule has 6 nitrogen and oxygen atoms in total. The third kappa shape index (κ3) is 3.40. The van der Waals surface area contributed by atoms with Crippen molar-refractivity contribution in [2.45, 2.75) is 70.4 Å². The molecule has 0 unspecified atom stereocenters. The molecule has 0 heterocycles. The molecule has 7 heteroatoms. The lowest BCUT2D eigenvalue weighted by Gasteiger charge is -2.32. The maximum Gasteiger partial charge on any atom is 0.271 e. The fourth-order valence-electron chi connectivity index (χ4n) is 3.35. The molecule has 23 heavy (non-hydrogen) atoms. The van der Waals surface area contributed by atoms with Crippen molar-refractivity contribution in [2.75, 3.05) is 0 Å². The van der Waals surface area contributed by atoms with Crippen molar-refractivity contribution in [1.29, 1.82) is 0 Å². The van der Waals surface area contributed by atoms with E-state index in [0.29, 0.717) is 11.1 Å². The smallest absolute Gasteiger partial charge is 0.258 e. The van der Waals surface area contributed by atoms with Gasteiger partial charge in [-0.2, -0.15) is 4.31 Å². The highest BCUT2D eigenvalue weighted by molar-refractivity contribution is 7.89. The van der Waals surface area contributed by atoms with E-state index >= 15 is 0 Å². The molecule has 0 N–H and O–H groups in total. The summed E-state index contributed by atoms with van der Waals surface area (Å²) in [5, 5.41) is 11.1. The molecule has 0 saturated heterocycles. The first-order valence-electron chi connectivity index (χ1n) is 7.95. The van der Waals surface area contributed by atoms with Crippen molar-refractivity contribution in [1.82, 2.24) is 4.31 Å². The van der Waals surface area contributed by atoms with Gasteiger partial charge < -0.3 is 0 Å². The number of nitrogens with zero attached hydrogens (tertiary/aromatic N) is 2. The van der Waals surface area contributed by atoms with Crippen LogP contribution in [0.25, 0.3) is 0 Å². The monoisotopic (exact) mass is 340 g/mol. The number of rotatable bonds is 5. The van der Waals surface area contributed by atoms with Crippen LogP contribution in [0.3, 0.4) is 0 Å². The van der Waals surface area contributed by atoms with E-state index in [1.807, 2.05) is 13.8 Å². The molecule has 0 aliphatic heterocycles. The Balaban J connectivity index is 2.59. The highest BCUT2D eigenvalue weighted by Crippen LogP contribution is 2.33. The van der Waals surface area contributed by atoms with Gasteiger partial charge in [0.25, 0.3) is 5.69 Å². The molecule has 2 rings (SSSR count). The molecular formula is C16H24N2O4S. The second kappa shape index (κ2) is 6.57. The Bertz CT molecular complexity index is 707. The van der Waals surface area contributed by atoms with Gasteiger partial charge in [0.1, 0.15) is 0 Å². The summed E-state index contributed by atoms with van der Waals surface area (Å²) in [6.07, 6.45) is 3.75. The molecular weight excluding hydrogens is 316 g/mol. The normalized spacial score (nSPS) is 16.4. The highest BCUT2D eigenvalue weighted by Gasteiger charge is 2.37.